The average Bonchev–Trinajstić information content (AvgIpc) is 3.46. The van der Waals surface area contributed by atoms with Crippen molar-refractivity contribution in [1.82, 2.24) is 10.2 Å². The highest BCUT2D eigenvalue weighted by Crippen LogP contribution is 2.50. The first kappa shape index (κ1) is 16.6. The molecule has 25 heavy (non-hydrogen) atoms. The van der Waals surface area contributed by atoms with Gasteiger partial charge in [0, 0.05) is 19.0 Å². The molecular weight excluding hydrogens is 308 g/mol. The molecule has 1 amide bonds. The Morgan fingerprint density at radius 1 is 1.12 bits per heavy atom. The van der Waals surface area contributed by atoms with Gasteiger partial charge in [-0.3, -0.25) is 4.79 Å². The summed E-state index contributed by atoms with van der Waals surface area (Å²) in [7, 11) is 0. The van der Waals surface area contributed by atoms with Gasteiger partial charge in [-0.2, -0.15) is 0 Å². The van der Waals surface area contributed by atoms with E-state index in [2.05, 4.69) is 59.6 Å². The van der Waals surface area contributed by atoms with Gasteiger partial charge in [0.05, 0.1) is 0 Å². The fraction of sp³-hybridized carbons (Fsp3) is 0.500. The van der Waals surface area contributed by atoms with Crippen LogP contribution < -0.4 is 5.32 Å². The van der Waals surface area contributed by atoms with Crippen LogP contribution in [0.15, 0.2) is 42.5 Å². The maximum Gasteiger partial charge on any atom is 0.226 e. The summed E-state index contributed by atoms with van der Waals surface area (Å²) in [4.78, 5) is 15.0. The molecule has 1 heterocycles. The van der Waals surface area contributed by atoms with Gasteiger partial charge in [0.25, 0.3) is 0 Å². The first-order chi connectivity index (χ1) is 12.3. The smallest absolute Gasteiger partial charge is 0.226 e. The second kappa shape index (κ2) is 7.17. The van der Waals surface area contributed by atoms with Gasteiger partial charge in [-0.15, -0.1) is 0 Å². The lowest BCUT2D eigenvalue weighted by Crippen LogP contribution is -2.41. The van der Waals surface area contributed by atoms with E-state index in [1.165, 1.54) is 16.3 Å². The van der Waals surface area contributed by atoms with Crippen LogP contribution >= 0.6 is 0 Å². The van der Waals surface area contributed by atoms with Gasteiger partial charge in [-0.05, 0) is 60.5 Å². The lowest BCUT2D eigenvalue weighted by molar-refractivity contribution is -0.134. The highest BCUT2D eigenvalue weighted by Gasteiger charge is 2.46. The van der Waals surface area contributed by atoms with E-state index in [0.717, 1.165) is 51.4 Å². The third kappa shape index (κ3) is 3.43. The topological polar surface area (TPSA) is 32.3 Å². The summed E-state index contributed by atoms with van der Waals surface area (Å²) in [5.41, 5.74) is 1.36. The molecule has 132 valence electrons. The molecule has 0 aromatic heterocycles. The van der Waals surface area contributed by atoms with E-state index in [1.807, 2.05) is 0 Å². The molecule has 2 aromatic rings. The SMILES string of the molecule is CCNCC1CCN(C(=O)C2CC2c2cccc3ccccc23)CC1. The van der Waals surface area contributed by atoms with Crippen LogP contribution in [0.4, 0.5) is 0 Å². The van der Waals surface area contributed by atoms with Crippen LogP contribution in [0.25, 0.3) is 10.8 Å². The predicted octanol–water partition coefficient (Wildman–Crippen LogP) is 3.79. The largest absolute Gasteiger partial charge is 0.342 e. The van der Waals surface area contributed by atoms with Crippen molar-refractivity contribution in [2.24, 2.45) is 11.8 Å². The lowest BCUT2D eigenvalue weighted by atomic mass is 9.96. The third-order valence-corrected chi connectivity index (χ3v) is 5.94. The number of nitrogens with zero attached hydrogens (tertiary/aromatic N) is 1. The van der Waals surface area contributed by atoms with Crippen molar-refractivity contribution in [2.45, 2.75) is 32.1 Å². The predicted molar refractivity (Wildman–Crippen MR) is 103 cm³/mol. The summed E-state index contributed by atoms with van der Waals surface area (Å²) < 4.78 is 0. The summed E-state index contributed by atoms with van der Waals surface area (Å²) in [5, 5.41) is 6.03. The molecule has 1 aliphatic carbocycles. The van der Waals surface area contributed by atoms with Crippen molar-refractivity contribution in [3.8, 4) is 0 Å². The van der Waals surface area contributed by atoms with Crippen molar-refractivity contribution in [2.75, 3.05) is 26.2 Å². The first-order valence-electron chi connectivity index (χ1n) is 9.75. The van der Waals surface area contributed by atoms with E-state index in [0.29, 0.717) is 11.8 Å². The summed E-state index contributed by atoms with van der Waals surface area (Å²) in [6.07, 6.45) is 3.30. The quantitative estimate of drug-likeness (QED) is 0.901. The Bertz CT molecular complexity index is 743. The number of piperidine rings is 1. The van der Waals surface area contributed by atoms with Gasteiger partial charge in [-0.25, -0.2) is 0 Å². The number of amides is 1. The third-order valence-electron chi connectivity index (χ3n) is 5.94. The Kier molecular flexibility index (Phi) is 4.76. The highest BCUT2D eigenvalue weighted by atomic mass is 16.2. The maximum absolute atomic E-state index is 12.9. The van der Waals surface area contributed by atoms with Crippen LogP contribution in [0, 0.1) is 11.8 Å². The fourth-order valence-corrected chi connectivity index (χ4v) is 4.33. The van der Waals surface area contributed by atoms with Crippen LogP contribution in [0.2, 0.25) is 0 Å². The molecule has 2 unspecified atom stereocenters. The van der Waals surface area contributed by atoms with Crippen LogP contribution in [-0.2, 0) is 4.79 Å². The van der Waals surface area contributed by atoms with Crippen molar-refractivity contribution in [1.29, 1.82) is 0 Å². The Labute approximate surface area is 150 Å². The van der Waals surface area contributed by atoms with Crippen LogP contribution in [0.3, 0.4) is 0 Å². The molecule has 0 spiro atoms. The van der Waals surface area contributed by atoms with Gasteiger partial charge in [-0.1, -0.05) is 49.4 Å². The van der Waals surface area contributed by atoms with E-state index >= 15 is 0 Å². The number of carbonyl (C=O) groups is 1. The zero-order valence-electron chi connectivity index (χ0n) is 15.1. The Morgan fingerprint density at radius 2 is 1.88 bits per heavy atom. The number of hydrogen-bond donors (Lipinski definition) is 1. The summed E-state index contributed by atoms with van der Waals surface area (Å²) >= 11 is 0. The van der Waals surface area contributed by atoms with E-state index < -0.39 is 0 Å². The number of hydrogen-bond acceptors (Lipinski definition) is 2. The number of rotatable bonds is 5. The van der Waals surface area contributed by atoms with Gasteiger partial charge in [0.1, 0.15) is 0 Å². The van der Waals surface area contributed by atoms with Crippen LogP contribution in [0.1, 0.15) is 37.7 Å². The zero-order valence-corrected chi connectivity index (χ0v) is 15.1. The van der Waals surface area contributed by atoms with Gasteiger partial charge in [0.15, 0.2) is 0 Å². The molecule has 1 saturated heterocycles. The van der Waals surface area contributed by atoms with Gasteiger partial charge >= 0.3 is 0 Å². The molecule has 0 radical (unpaired) electrons. The average molecular weight is 336 g/mol. The highest BCUT2D eigenvalue weighted by molar-refractivity contribution is 5.89. The Hall–Kier alpha value is -1.87. The maximum atomic E-state index is 12.9. The van der Waals surface area contributed by atoms with Gasteiger partial charge in [0.2, 0.25) is 5.91 Å². The van der Waals surface area contributed by atoms with Crippen LogP contribution in [0.5, 0.6) is 0 Å². The molecular formula is C22H28N2O. The molecule has 2 aromatic carbocycles. The van der Waals surface area contributed by atoms with E-state index in [-0.39, 0.29) is 5.92 Å². The molecule has 1 saturated carbocycles. The van der Waals surface area contributed by atoms with Gasteiger partial charge < -0.3 is 10.2 Å². The number of carbonyl (C=O) groups excluding carboxylic acids is 1. The molecule has 3 nitrogen and oxygen atoms in total. The molecule has 0 bridgehead atoms. The molecule has 2 aliphatic rings. The minimum atomic E-state index is 0.205. The summed E-state index contributed by atoms with van der Waals surface area (Å²) in [6, 6.07) is 15.0. The Balaban J connectivity index is 1.39. The first-order valence-corrected chi connectivity index (χ1v) is 9.75. The minimum Gasteiger partial charge on any atom is -0.342 e. The molecule has 2 fully saturated rings. The molecule has 2 atom stereocenters. The number of fused-ring (bicyclic) bond motifs is 1. The normalized spacial score (nSPS) is 23.8. The van der Waals surface area contributed by atoms with Crippen molar-refractivity contribution < 1.29 is 4.79 Å². The number of benzene rings is 2. The minimum absolute atomic E-state index is 0.205. The summed E-state index contributed by atoms with van der Waals surface area (Å²) in [5.74, 6) is 1.74. The van der Waals surface area contributed by atoms with Crippen molar-refractivity contribution in [3.05, 3.63) is 48.0 Å². The molecule has 1 aliphatic heterocycles. The second-order valence-electron chi connectivity index (χ2n) is 7.59. The monoisotopic (exact) mass is 336 g/mol. The second-order valence-corrected chi connectivity index (χ2v) is 7.59. The van der Waals surface area contributed by atoms with E-state index in [4.69, 9.17) is 0 Å². The standard InChI is InChI=1S/C22H28N2O/c1-2-23-15-16-10-12-24(13-11-16)22(25)21-14-20(21)19-9-5-7-17-6-3-4-8-18(17)19/h3-9,16,20-21,23H,2,10-15H2,1H3. The van der Waals surface area contributed by atoms with Crippen LogP contribution in [-0.4, -0.2) is 37.0 Å². The van der Waals surface area contributed by atoms with Crippen molar-refractivity contribution >= 4 is 16.7 Å². The van der Waals surface area contributed by atoms with E-state index in [9.17, 15) is 4.79 Å². The number of nitrogens with one attached hydrogen (secondary N) is 1. The molecule has 1 N–H and O–H groups in total. The number of likely N-dealkylation sites (tertiary alicyclic amines) is 1. The van der Waals surface area contributed by atoms with Crippen molar-refractivity contribution in [3.63, 3.8) is 0 Å². The molecule has 4 rings (SSSR count). The zero-order chi connectivity index (χ0) is 17.2. The lowest BCUT2D eigenvalue weighted by Gasteiger charge is -2.32. The Morgan fingerprint density at radius 3 is 2.68 bits per heavy atom. The fourth-order valence-electron chi connectivity index (χ4n) is 4.33. The van der Waals surface area contributed by atoms with E-state index in [1.54, 1.807) is 0 Å². The summed E-state index contributed by atoms with van der Waals surface area (Å²) in [6.45, 7) is 6.16. The molecule has 3 heteroatoms.